The van der Waals surface area contributed by atoms with Gasteiger partial charge in [0, 0.05) is 11.6 Å². The number of urea groups is 1. The van der Waals surface area contributed by atoms with Crippen LogP contribution in [0.25, 0.3) is 0 Å². The van der Waals surface area contributed by atoms with Crippen molar-refractivity contribution in [1.82, 2.24) is 4.90 Å². The minimum Gasteiger partial charge on any atom is -0.465 e. The Morgan fingerprint density at radius 3 is 2.47 bits per heavy atom. The lowest BCUT2D eigenvalue weighted by Gasteiger charge is -2.37. The summed E-state index contributed by atoms with van der Waals surface area (Å²) in [5.41, 5.74) is 4.01. The molecule has 30 heavy (non-hydrogen) atoms. The molecule has 152 valence electrons. The van der Waals surface area contributed by atoms with Crippen molar-refractivity contribution in [1.29, 1.82) is 0 Å². The maximum atomic E-state index is 13.3. The molecule has 0 fully saturated rings. The van der Waals surface area contributed by atoms with Crippen molar-refractivity contribution in [3.63, 3.8) is 0 Å². The van der Waals surface area contributed by atoms with E-state index >= 15 is 0 Å². The highest BCUT2D eigenvalue weighted by atomic mass is 35.5. The zero-order valence-corrected chi connectivity index (χ0v) is 17.2. The van der Waals surface area contributed by atoms with Crippen molar-refractivity contribution in [3.8, 4) is 0 Å². The molecule has 2 amide bonds. The van der Waals surface area contributed by atoms with Crippen LogP contribution < -0.4 is 5.32 Å². The third kappa shape index (κ3) is 3.89. The molecule has 0 unspecified atom stereocenters. The number of rotatable bonds is 3. The lowest BCUT2D eigenvalue weighted by Crippen LogP contribution is -2.43. The van der Waals surface area contributed by atoms with Crippen LogP contribution in [0.5, 0.6) is 0 Å². The van der Waals surface area contributed by atoms with Gasteiger partial charge < -0.3 is 15.0 Å². The van der Waals surface area contributed by atoms with Gasteiger partial charge in [-0.25, -0.2) is 9.59 Å². The maximum Gasteiger partial charge on any atom is 0.339 e. The van der Waals surface area contributed by atoms with Gasteiger partial charge in [-0.3, -0.25) is 0 Å². The van der Waals surface area contributed by atoms with Crippen molar-refractivity contribution in [2.24, 2.45) is 0 Å². The van der Waals surface area contributed by atoms with Crippen LogP contribution in [0, 0.1) is 0 Å². The number of fused-ring (bicyclic) bond motifs is 1. The van der Waals surface area contributed by atoms with E-state index in [-0.39, 0.29) is 12.1 Å². The molecule has 0 spiro atoms. The van der Waals surface area contributed by atoms with Gasteiger partial charge in [0.25, 0.3) is 0 Å². The zero-order valence-electron chi connectivity index (χ0n) is 16.5. The number of ether oxygens (including phenoxy) is 1. The Morgan fingerprint density at radius 2 is 1.70 bits per heavy atom. The van der Waals surface area contributed by atoms with E-state index in [1.807, 2.05) is 36.4 Å². The number of benzene rings is 3. The van der Waals surface area contributed by atoms with Crippen molar-refractivity contribution in [2.45, 2.75) is 12.5 Å². The molecule has 3 aromatic rings. The number of nitrogens with zero attached hydrogens (tertiary/aromatic N) is 1. The fourth-order valence-electron chi connectivity index (χ4n) is 3.86. The van der Waals surface area contributed by atoms with Crippen LogP contribution >= 0.6 is 11.6 Å². The van der Waals surface area contributed by atoms with Crippen molar-refractivity contribution in [2.75, 3.05) is 19.0 Å². The Balaban J connectivity index is 1.70. The number of nitrogens with one attached hydrogen (secondary N) is 1. The molecule has 0 saturated carbocycles. The monoisotopic (exact) mass is 420 g/mol. The van der Waals surface area contributed by atoms with Crippen molar-refractivity contribution >= 4 is 29.3 Å². The molecule has 0 radical (unpaired) electrons. The van der Waals surface area contributed by atoms with Crippen LogP contribution in [0.15, 0.2) is 72.8 Å². The largest absolute Gasteiger partial charge is 0.465 e. The Bertz CT molecular complexity index is 1080. The number of hydrogen-bond donors (Lipinski definition) is 1. The molecule has 1 heterocycles. The summed E-state index contributed by atoms with van der Waals surface area (Å²) in [5.74, 6) is -0.496. The van der Waals surface area contributed by atoms with Crippen molar-refractivity contribution < 1.29 is 14.3 Å². The molecule has 0 saturated heterocycles. The predicted octanol–water partition coefficient (Wildman–Crippen LogP) is 5.31. The Morgan fingerprint density at radius 1 is 1.00 bits per heavy atom. The van der Waals surface area contributed by atoms with Gasteiger partial charge in [-0.2, -0.15) is 0 Å². The third-order valence-corrected chi connectivity index (χ3v) is 5.56. The summed E-state index contributed by atoms with van der Waals surface area (Å²) >= 11 is 6.08. The Labute approximate surface area is 180 Å². The minimum atomic E-state index is -0.496. The quantitative estimate of drug-likeness (QED) is 0.584. The van der Waals surface area contributed by atoms with Crippen LogP contribution in [-0.2, 0) is 11.2 Å². The number of carbonyl (C=O) groups excluding carboxylic acids is 2. The van der Waals surface area contributed by atoms with E-state index in [0.717, 1.165) is 17.5 Å². The van der Waals surface area contributed by atoms with E-state index in [1.54, 1.807) is 29.2 Å². The van der Waals surface area contributed by atoms with Gasteiger partial charge in [-0.05, 0) is 47.4 Å². The van der Waals surface area contributed by atoms with Crippen LogP contribution in [0.1, 0.15) is 33.1 Å². The standard InChI is InChI=1S/C24H21ClN2O3/c1-30-23(28)20-8-4-5-9-21(20)26-24(29)27-15-14-16-6-2-3-7-19(16)22(27)17-10-12-18(25)13-11-17/h2-13,22H,14-15H2,1H3,(H,26,29)/t22-/m0/s1. The molecule has 0 aromatic heterocycles. The van der Waals surface area contributed by atoms with E-state index in [1.165, 1.54) is 12.7 Å². The van der Waals surface area contributed by atoms with E-state index in [0.29, 0.717) is 22.8 Å². The van der Waals surface area contributed by atoms with Crippen LogP contribution in [0.3, 0.4) is 0 Å². The first kappa shape index (κ1) is 20.0. The number of amides is 2. The normalized spacial score (nSPS) is 15.3. The second-order valence-electron chi connectivity index (χ2n) is 7.06. The molecule has 1 aliphatic heterocycles. The molecular weight excluding hydrogens is 400 g/mol. The second-order valence-corrected chi connectivity index (χ2v) is 7.50. The number of anilines is 1. The van der Waals surface area contributed by atoms with Crippen LogP contribution in [0.4, 0.5) is 10.5 Å². The van der Waals surface area contributed by atoms with Gasteiger partial charge in [-0.1, -0.05) is 60.1 Å². The lowest BCUT2D eigenvalue weighted by molar-refractivity contribution is 0.0602. The smallest absolute Gasteiger partial charge is 0.339 e. The van der Waals surface area contributed by atoms with Crippen LogP contribution in [-0.4, -0.2) is 30.6 Å². The molecule has 3 aromatic carbocycles. The predicted molar refractivity (Wildman–Crippen MR) is 117 cm³/mol. The summed E-state index contributed by atoms with van der Waals surface area (Å²) in [6, 6.07) is 22.0. The SMILES string of the molecule is COC(=O)c1ccccc1NC(=O)N1CCc2ccccc2[C@@H]1c1ccc(Cl)cc1. The summed E-state index contributed by atoms with van der Waals surface area (Å²) in [4.78, 5) is 27.2. The van der Waals surface area contributed by atoms with Gasteiger partial charge in [0.2, 0.25) is 0 Å². The van der Waals surface area contributed by atoms with E-state index in [2.05, 4.69) is 17.4 Å². The number of halogens is 1. The first-order valence-electron chi connectivity index (χ1n) is 9.66. The molecular formula is C24H21ClN2O3. The number of carbonyl (C=O) groups is 2. The molecule has 0 aliphatic carbocycles. The van der Waals surface area contributed by atoms with Gasteiger partial charge in [0.1, 0.15) is 0 Å². The second kappa shape index (κ2) is 8.59. The van der Waals surface area contributed by atoms with Crippen molar-refractivity contribution in [3.05, 3.63) is 100 Å². The minimum absolute atomic E-state index is 0.252. The number of hydrogen-bond acceptors (Lipinski definition) is 3. The molecule has 0 bridgehead atoms. The van der Waals surface area contributed by atoms with Crippen LogP contribution in [0.2, 0.25) is 5.02 Å². The molecule has 6 heteroatoms. The number of para-hydroxylation sites is 1. The summed E-state index contributed by atoms with van der Waals surface area (Å²) in [6.07, 6.45) is 0.756. The van der Waals surface area contributed by atoms with Gasteiger partial charge in [0.05, 0.1) is 24.4 Å². The number of esters is 1. The Kier molecular flexibility index (Phi) is 5.72. The van der Waals surface area contributed by atoms with Gasteiger partial charge >= 0.3 is 12.0 Å². The topological polar surface area (TPSA) is 58.6 Å². The lowest BCUT2D eigenvalue weighted by atomic mass is 9.88. The van der Waals surface area contributed by atoms with Gasteiger partial charge in [0.15, 0.2) is 0 Å². The van der Waals surface area contributed by atoms with E-state index in [9.17, 15) is 9.59 Å². The molecule has 1 aliphatic rings. The zero-order chi connectivity index (χ0) is 21.1. The summed E-state index contributed by atoms with van der Waals surface area (Å²) in [5, 5.41) is 3.54. The fourth-order valence-corrected chi connectivity index (χ4v) is 3.98. The average Bonchev–Trinajstić information content (AvgIpc) is 2.78. The van der Waals surface area contributed by atoms with Gasteiger partial charge in [-0.15, -0.1) is 0 Å². The maximum absolute atomic E-state index is 13.3. The molecule has 4 rings (SSSR count). The fraction of sp³-hybridized carbons (Fsp3) is 0.167. The highest BCUT2D eigenvalue weighted by Gasteiger charge is 2.32. The first-order chi connectivity index (χ1) is 14.6. The van der Waals surface area contributed by atoms with E-state index < -0.39 is 5.97 Å². The molecule has 1 N–H and O–H groups in total. The molecule has 5 nitrogen and oxygen atoms in total. The highest BCUT2D eigenvalue weighted by Crippen LogP contribution is 2.36. The molecule has 1 atom stereocenters. The summed E-state index contributed by atoms with van der Waals surface area (Å²) < 4.78 is 4.84. The number of methoxy groups -OCH3 is 1. The Hall–Kier alpha value is -3.31. The third-order valence-electron chi connectivity index (χ3n) is 5.30. The summed E-state index contributed by atoms with van der Waals surface area (Å²) in [7, 11) is 1.32. The highest BCUT2D eigenvalue weighted by molar-refractivity contribution is 6.30. The average molecular weight is 421 g/mol. The van der Waals surface area contributed by atoms with E-state index in [4.69, 9.17) is 16.3 Å². The summed E-state index contributed by atoms with van der Waals surface area (Å²) in [6.45, 7) is 0.552. The first-order valence-corrected chi connectivity index (χ1v) is 10.0.